The third kappa shape index (κ3) is 18.1. The summed E-state index contributed by atoms with van der Waals surface area (Å²) in [6, 6.07) is 0. The summed E-state index contributed by atoms with van der Waals surface area (Å²) >= 11 is 0. The van der Waals surface area contributed by atoms with Gasteiger partial charge >= 0.3 is 30.8 Å². The molecule has 0 aromatic rings. The van der Waals surface area contributed by atoms with Crippen molar-refractivity contribution in [3.63, 3.8) is 0 Å². The van der Waals surface area contributed by atoms with Crippen LogP contribution in [0.5, 0.6) is 0 Å². The Labute approximate surface area is 65.8 Å². The Morgan fingerprint density at radius 3 is 1.11 bits per heavy atom. The predicted octanol–water partition coefficient (Wildman–Crippen LogP) is -1.28. The minimum atomic E-state index is -1.82. The molecule has 0 rings (SSSR count). The maximum atomic E-state index is 9.10. The van der Waals surface area contributed by atoms with Crippen LogP contribution in [-0.4, -0.2) is 41.0 Å². The Morgan fingerprint density at radius 2 is 1.11 bits per heavy atom. The van der Waals surface area contributed by atoms with Crippen molar-refractivity contribution in [1.82, 2.24) is 0 Å². The van der Waals surface area contributed by atoms with Gasteiger partial charge in [0.25, 0.3) is 0 Å². The first-order valence-electron chi connectivity index (χ1n) is 1.11. The van der Waals surface area contributed by atoms with Crippen molar-refractivity contribution >= 4 is 40.7 Å². The summed E-state index contributed by atoms with van der Waals surface area (Å²) in [7, 11) is 0. The summed E-state index contributed by atoms with van der Waals surface area (Å²) in [4.78, 5) is 18.2. The molecule has 4 nitrogen and oxygen atoms in total. The molecule has 0 saturated heterocycles. The molecule has 0 radical (unpaired) electrons. The van der Waals surface area contributed by atoms with Crippen molar-refractivity contribution in [2.75, 3.05) is 0 Å². The van der Waals surface area contributed by atoms with E-state index in [2.05, 4.69) is 0 Å². The molecule has 1 unspecified atom stereocenters. The molecule has 52 valence electrons. The fraction of sp³-hybridized carbons (Fsp3) is 0. The first-order valence-corrected chi connectivity index (χ1v) is 1.11. The molecular formula is C2H7FLiO4P. The van der Waals surface area contributed by atoms with E-state index in [9.17, 15) is 0 Å². The minimum absolute atomic E-state index is 0. The van der Waals surface area contributed by atoms with Gasteiger partial charge in [0.05, 0.1) is 0 Å². The Balaban J connectivity index is -0.0000000417. The summed E-state index contributed by atoms with van der Waals surface area (Å²) in [5, 5.41) is 14.8. The SMILES string of the molecule is F.O=C(O)C(=O)O.P.[LiH]. The van der Waals surface area contributed by atoms with Crippen LogP contribution >= 0.6 is 9.90 Å². The summed E-state index contributed by atoms with van der Waals surface area (Å²) in [5.41, 5.74) is 0. The molecule has 0 fully saturated rings. The van der Waals surface area contributed by atoms with E-state index in [0.29, 0.717) is 0 Å². The van der Waals surface area contributed by atoms with Gasteiger partial charge in [-0.25, -0.2) is 9.59 Å². The number of carboxylic acid groups (broad SMARTS) is 2. The van der Waals surface area contributed by atoms with Gasteiger partial charge in [-0.2, -0.15) is 9.90 Å². The second-order valence-electron chi connectivity index (χ2n) is 0.610. The summed E-state index contributed by atoms with van der Waals surface area (Å²) in [5.74, 6) is -3.65. The Morgan fingerprint density at radius 1 is 1.00 bits per heavy atom. The van der Waals surface area contributed by atoms with E-state index in [1.54, 1.807) is 0 Å². The molecule has 9 heavy (non-hydrogen) atoms. The molecule has 0 bridgehead atoms. The van der Waals surface area contributed by atoms with E-state index >= 15 is 0 Å². The zero-order valence-electron chi connectivity index (χ0n) is 3.83. The summed E-state index contributed by atoms with van der Waals surface area (Å²) < 4.78 is 0. The Kier molecular flexibility index (Phi) is 27.8. The van der Waals surface area contributed by atoms with E-state index in [1.165, 1.54) is 0 Å². The number of hydrogen-bond donors (Lipinski definition) is 2. The van der Waals surface area contributed by atoms with Crippen LogP contribution in [-0.2, 0) is 9.59 Å². The third-order valence-electron chi connectivity index (χ3n) is 0.183. The van der Waals surface area contributed by atoms with Crippen LogP contribution < -0.4 is 0 Å². The predicted molar refractivity (Wildman–Crippen MR) is 36.0 cm³/mol. The zero-order chi connectivity index (χ0) is 5.15. The van der Waals surface area contributed by atoms with Gasteiger partial charge in [-0.3, -0.25) is 4.70 Å². The van der Waals surface area contributed by atoms with Crippen molar-refractivity contribution in [3.05, 3.63) is 0 Å². The standard InChI is InChI=1S/C2H2O4.FH.Li.H3P.H/c3-1(4)2(5)6;;;;/h(H,3,4)(H,5,6);1H;;1H3;. The van der Waals surface area contributed by atoms with Crippen LogP contribution in [0.2, 0.25) is 0 Å². The van der Waals surface area contributed by atoms with Crippen molar-refractivity contribution in [2.45, 2.75) is 0 Å². The van der Waals surface area contributed by atoms with E-state index < -0.39 is 11.9 Å². The van der Waals surface area contributed by atoms with E-state index in [0.717, 1.165) is 0 Å². The zero-order valence-corrected chi connectivity index (χ0v) is 5.24. The van der Waals surface area contributed by atoms with Crippen molar-refractivity contribution in [1.29, 1.82) is 0 Å². The molecule has 0 aromatic heterocycles. The first-order chi connectivity index (χ1) is 2.64. The van der Waals surface area contributed by atoms with E-state index in [-0.39, 0.29) is 33.5 Å². The first kappa shape index (κ1) is 23.1. The van der Waals surface area contributed by atoms with Gasteiger partial charge in [-0.1, -0.05) is 0 Å². The van der Waals surface area contributed by atoms with Crippen LogP contribution in [0.4, 0.5) is 4.70 Å². The second kappa shape index (κ2) is 10.8. The average Bonchev–Trinajstić information content (AvgIpc) is 1.36. The molecule has 1 atom stereocenters. The van der Waals surface area contributed by atoms with Gasteiger partial charge in [-0.05, 0) is 0 Å². The van der Waals surface area contributed by atoms with Crippen molar-refractivity contribution in [2.24, 2.45) is 0 Å². The fourth-order valence-corrected chi connectivity index (χ4v) is 0. The van der Waals surface area contributed by atoms with Crippen molar-refractivity contribution in [3.8, 4) is 0 Å². The molecule has 7 heteroatoms. The molecule has 0 spiro atoms. The van der Waals surface area contributed by atoms with E-state index in [1.807, 2.05) is 0 Å². The van der Waals surface area contributed by atoms with Crippen LogP contribution in [0.1, 0.15) is 0 Å². The average molecular weight is 152 g/mol. The van der Waals surface area contributed by atoms with Gasteiger partial charge in [0.2, 0.25) is 0 Å². The van der Waals surface area contributed by atoms with Gasteiger partial charge in [0, 0.05) is 0 Å². The molecule has 0 aromatic carbocycles. The molecule has 0 heterocycles. The third-order valence-corrected chi connectivity index (χ3v) is 0.183. The molecule has 0 aliphatic rings. The second-order valence-corrected chi connectivity index (χ2v) is 0.610. The van der Waals surface area contributed by atoms with Crippen LogP contribution in [0.25, 0.3) is 0 Å². The van der Waals surface area contributed by atoms with Crippen LogP contribution in [0.3, 0.4) is 0 Å². The fourth-order valence-electron chi connectivity index (χ4n) is 0. The number of carbonyl (C=O) groups is 2. The summed E-state index contributed by atoms with van der Waals surface area (Å²) in [6.45, 7) is 0. The van der Waals surface area contributed by atoms with Crippen LogP contribution in [0, 0.1) is 0 Å². The molecule has 2 N–H and O–H groups in total. The number of halogens is 1. The molecular weight excluding hydrogens is 145 g/mol. The quantitative estimate of drug-likeness (QED) is 0.257. The van der Waals surface area contributed by atoms with Gasteiger partial charge in [0.15, 0.2) is 0 Å². The molecule has 0 amide bonds. The van der Waals surface area contributed by atoms with E-state index in [4.69, 9.17) is 19.8 Å². The number of rotatable bonds is 0. The summed E-state index contributed by atoms with van der Waals surface area (Å²) in [6.07, 6.45) is 0. The number of carboxylic acids is 2. The number of hydrogen-bond acceptors (Lipinski definition) is 2. The normalized spacial score (nSPS) is 4.89. The Bertz CT molecular complexity index is 84.6. The number of aliphatic carboxylic acids is 2. The van der Waals surface area contributed by atoms with Crippen LogP contribution in [0.15, 0.2) is 0 Å². The van der Waals surface area contributed by atoms with Gasteiger partial charge in [0.1, 0.15) is 0 Å². The molecule has 0 aliphatic heterocycles. The Hall–Kier alpha value is -0.103. The molecule has 0 saturated carbocycles. The van der Waals surface area contributed by atoms with Gasteiger partial charge in [-0.15, -0.1) is 0 Å². The molecule has 0 aliphatic carbocycles. The van der Waals surface area contributed by atoms with Crippen molar-refractivity contribution < 1.29 is 24.5 Å². The topological polar surface area (TPSA) is 74.6 Å². The van der Waals surface area contributed by atoms with Gasteiger partial charge < -0.3 is 10.2 Å². The maximum absolute atomic E-state index is 9.10. The monoisotopic (exact) mass is 152 g/mol.